The Balaban J connectivity index is 1.60. The largest absolute Gasteiger partial charge is 0.491 e. The fraction of sp³-hybridized carbons (Fsp3) is 0.263. The number of aliphatic carboxylic acids is 1. The summed E-state index contributed by atoms with van der Waals surface area (Å²) in [6.07, 6.45) is 1.74. The minimum absolute atomic E-state index is 0.301. The lowest BCUT2D eigenvalue weighted by molar-refractivity contribution is -0.139. The number of carbonyl (C=O) groups is 2. The first-order chi connectivity index (χ1) is 12.5. The molecule has 0 fully saturated rings. The Morgan fingerprint density at radius 3 is 2.69 bits per heavy atom. The Kier molecular flexibility index (Phi) is 5.70. The van der Waals surface area contributed by atoms with Gasteiger partial charge in [-0.3, -0.25) is 4.79 Å². The molecule has 1 aliphatic heterocycles. The van der Waals surface area contributed by atoms with Crippen LogP contribution in [0.5, 0.6) is 0 Å². The second-order valence-electron chi connectivity index (χ2n) is 6.32. The van der Waals surface area contributed by atoms with Crippen LogP contribution in [0.25, 0.3) is 0 Å². The third-order valence-electron chi connectivity index (χ3n) is 4.48. The molecule has 6 nitrogen and oxygen atoms in total. The van der Waals surface area contributed by atoms with Crippen molar-refractivity contribution in [3.05, 3.63) is 65.2 Å². The van der Waals surface area contributed by atoms with Crippen molar-refractivity contribution >= 4 is 24.5 Å². The van der Waals surface area contributed by atoms with Gasteiger partial charge in [-0.15, -0.1) is 0 Å². The molecule has 7 heteroatoms. The molecule has 0 bridgehead atoms. The number of carboxylic acid groups (broad SMARTS) is 1. The topological polar surface area (TPSA) is 95.9 Å². The SMILES string of the molecule is O=C(N[C@H](CCCc1ccccc1)C(=O)O)c1ccc2c(c1)B(O)OC2. The first kappa shape index (κ1) is 18.2. The molecule has 2 aromatic carbocycles. The predicted molar refractivity (Wildman–Crippen MR) is 97.1 cm³/mol. The van der Waals surface area contributed by atoms with Gasteiger partial charge in [0.05, 0.1) is 6.61 Å². The van der Waals surface area contributed by atoms with Crippen LogP contribution in [0.3, 0.4) is 0 Å². The van der Waals surface area contributed by atoms with Gasteiger partial charge in [0, 0.05) is 5.56 Å². The lowest BCUT2D eigenvalue weighted by atomic mass is 9.79. The highest BCUT2D eigenvalue weighted by atomic mass is 16.5. The monoisotopic (exact) mass is 353 g/mol. The van der Waals surface area contributed by atoms with Gasteiger partial charge < -0.3 is 20.1 Å². The second kappa shape index (κ2) is 8.16. The summed E-state index contributed by atoms with van der Waals surface area (Å²) in [7, 11) is -1.04. The van der Waals surface area contributed by atoms with Crippen LogP contribution in [-0.2, 0) is 22.5 Å². The maximum atomic E-state index is 12.4. The molecular formula is C19H20BNO5. The standard InChI is InChI=1S/C19H20BNO5/c22-18(14-9-10-15-12-26-20(25)16(15)11-14)21-17(19(23)24)8-4-7-13-5-2-1-3-6-13/h1-3,5-6,9-11,17,25H,4,7-8,12H2,(H,21,22)(H,23,24)/t17-/m1/s1. The average Bonchev–Trinajstić information content (AvgIpc) is 3.02. The van der Waals surface area contributed by atoms with Gasteiger partial charge in [0.1, 0.15) is 6.04 Å². The summed E-state index contributed by atoms with van der Waals surface area (Å²) < 4.78 is 5.10. The van der Waals surface area contributed by atoms with Crippen LogP contribution >= 0.6 is 0 Å². The van der Waals surface area contributed by atoms with Gasteiger partial charge in [0.2, 0.25) is 0 Å². The van der Waals surface area contributed by atoms with Crippen LogP contribution in [-0.4, -0.2) is 35.2 Å². The number of amides is 1. The molecule has 1 heterocycles. The summed E-state index contributed by atoms with van der Waals surface area (Å²) in [4.78, 5) is 23.9. The molecule has 0 aliphatic carbocycles. The van der Waals surface area contributed by atoms with Crippen molar-refractivity contribution in [1.82, 2.24) is 5.32 Å². The lowest BCUT2D eigenvalue weighted by Crippen LogP contribution is -2.41. The maximum absolute atomic E-state index is 12.4. The molecule has 0 radical (unpaired) electrons. The fourth-order valence-electron chi connectivity index (χ4n) is 3.01. The van der Waals surface area contributed by atoms with Crippen LogP contribution in [0.2, 0.25) is 0 Å². The van der Waals surface area contributed by atoms with E-state index in [-0.39, 0.29) is 0 Å². The number of fused-ring (bicyclic) bond motifs is 1. The summed E-state index contributed by atoms with van der Waals surface area (Å²) in [5.74, 6) is -1.53. The molecule has 1 atom stereocenters. The zero-order valence-electron chi connectivity index (χ0n) is 14.2. The van der Waals surface area contributed by atoms with Crippen LogP contribution in [0.15, 0.2) is 48.5 Å². The summed E-state index contributed by atoms with van der Waals surface area (Å²) >= 11 is 0. The molecule has 0 aromatic heterocycles. The summed E-state index contributed by atoms with van der Waals surface area (Å²) in [5, 5.41) is 21.7. The molecule has 134 valence electrons. The van der Waals surface area contributed by atoms with Crippen LogP contribution in [0, 0.1) is 0 Å². The normalized spacial score (nSPS) is 14.0. The van der Waals surface area contributed by atoms with Crippen molar-refractivity contribution in [2.45, 2.75) is 31.9 Å². The van der Waals surface area contributed by atoms with Crippen LogP contribution in [0.4, 0.5) is 0 Å². The molecule has 0 unspecified atom stereocenters. The molecule has 0 saturated heterocycles. The van der Waals surface area contributed by atoms with E-state index in [9.17, 15) is 19.7 Å². The molecule has 0 spiro atoms. The van der Waals surface area contributed by atoms with E-state index >= 15 is 0 Å². The van der Waals surface area contributed by atoms with Gasteiger partial charge in [-0.05, 0) is 48.0 Å². The lowest BCUT2D eigenvalue weighted by Gasteiger charge is -2.15. The Morgan fingerprint density at radius 1 is 1.19 bits per heavy atom. The van der Waals surface area contributed by atoms with Gasteiger partial charge in [-0.1, -0.05) is 36.4 Å². The number of benzene rings is 2. The first-order valence-corrected chi connectivity index (χ1v) is 8.54. The predicted octanol–water partition coefficient (Wildman–Crippen LogP) is 1.11. The van der Waals surface area contributed by atoms with Gasteiger partial charge >= 0.3 is 13.1 Å². The first-order valence-electron chi connectivity index (χ1n) is 8.54. The average molecular weight is 353 g/mol. The van der Waals surface area contributed by atoms with E-state index in [0.29, 0.717) is 30.5 Å². The number of hydrogen-bond donors (Lipinski definition) is 3. The molecule has 0 saturated carbocycles. The second-order valence-corrected chi connectivity index (χ2v) is 6.32. The van der Waals surface area contributed by atoms with E-state index in [4.69, 9.17) is 4.65 Å². The molecule has 1 amide bonds. The summed E-state index contributed by atoms with van der Waals surface area (Å²) in [5.41, 5.74) is 2.82. The van der Waals surface area contributed by atoms with Crippen LogP contribution < -0.4 is 10.8 Å². The molecular weight excluding hydrogens is 333 g/mol. The highest BCUT2D eigenvalue weighted by Crippen LogP contribution is 2.12. The number of aryl methyl sites for hydroxylation is 1. The van der Waals surface area contributed by atoms with E-state index in [1.807, 2.05) is 30.3 Å². The number of nitrogens with one attached hydrogen (secondary N) is 1. The minimum atomic E-state index is -1.06. The van der Waals surface area contributed by atoms with E-state index in [0.717, 1.165) is 17.5 Å². The quantitative estimate of drug-likeness (QED) is 0.648. The van der Waals surface area contributed by atoms with E-state index < -0.39 is 25.0 Å². The highest BCUT2D eigenvalue weighted by Gasteiger charge is 2.28. The van der Waals surface area contributed by atoms with Crippen molar-refractivity contribution in [3.63, 3.8) is 0 Å². The Hall–Kier alpha value is -2.64. The van der Waals surface area contributed by atoms with Gasteiger partial charge in [-0.2, -0.15) is 0 Å². The Morgan fingerprint density at radius 2 is 1.96 bits per heavy atom. The summed E-state index contributed by atoms with van der Waals surface area (Å²) in [6.45, 7) is 0.301. The third kappa shape index (κ3) is 4.31. The van der Waals surface area contributed by atoms with Gasteiger partial charge in [0.15, 0.2) is 0 Å². The van der Waals surface area contributed by atoms with Crippen molar-refractivity contribution < 1.29 is 24.4 Å². The van der Waals surface area contributed by atoms with E-state index in [1.54, 1.807) is 18.2 Å². The van der Waals surface area contributed by atoms with E-state index in [2.05, 4.69) is 5.32 Å². The third-order valence-corrected chi connectivity index (χ3v) is 4.48. The van der Waals surface area contributed by atoms with Crippen molar-refractivity contribution in [3.8, 4) is 0 Å². The zero-order chi connectivity index (χ0) is 18.5. The molecule has 3 N–H and O–H groups in total. The van der Waals surface area contributed by atoms with Crippen LogP contribution in [0.1, 0.15) is 34.3 Å². The maximum Gasteiger partial charge on any atom is 0.491 e. The molecule has 1 aliphatic rings. The Labute approximate surface area is 152 Å². The number of rotatable bonds is 7. The van der Waals surface area contributed by atoms with E-state index in [1.165, 1.54) is 0 Å². The molecule has 26 heavy (non-hydrogen) atoms. The van der Waals surface area contributed by atoms with Crippen molar-refractivity contribution in [2.24, 2.45) is 0 Å². The molecule has 2 aromatic rings. The zero-order valence-corrected chi connectivity index (χ0v) is 14.2. The molecule has 3 rings (SSSR count). The smallest absolute Gasteiger partial charge is 0.480 e. The summed E-state index contributed by atoms with van der Waals surface area (Å²) in [6, 6.07) is 13.7. The Bertz CT molecular complexity index is 796. The highest BCUT2D eigenvalue weighted by molar-refractivity contribution is 6.61. The van der Waals surface area contributed by atoms with Crippen molar-refractivity contribution in [1.29, 1.82) is 0 Å². The van der Waals surface area contributed by atoms with Gasteiger partial charge in [0.25, 0.3) is 5.91 Å². The van der Waals surface area contributed by atoms with Gasteiger partial charge in [-0.25, -0.2) is 4.79 Å². The number of carboxylic acids is 1. The minimum Gasteiger partial charge on any atom is -0.480 e. The number of hydrogen-bond acceptors (Lipinski definition) is 4. The van der Waals surface area contributed by atoms with Crippen molar-refractivity contribution in [2.75, 3.05) is 0 Å². The fourth-order valence-corrected chi connectivity index (χ4v) is 3.01. The number of carbonyl (C=O) groups excluding carboxylic acids is 1.